The van der Waals surface area contributed by atoms with Gasteiger partial charge >= 0.3 is 0 Å². The van der Waals surface area contributed by atoms with Gasteiger partial charge in [0.15, 0.2) is 5.95 Å². The number of fused-ring (bicyclic) bond motifs is 2. The smallest absolute Gasteiger partial charge is 0.198 e. The van der Waals surface area contributed by atoms with Gasteiger partial charge in [-0.15, -0.1) is 0 Å². The average Bonchev–Trinajstić information content (AvgIpc) is 3.27. The number of aromatic amines is 1. The van der Waals surface area contributed by atoms with Gasteiger partial charge in [0.05, 0.1) is 81.8 Å². The van der Waals surface area contributed by atoms with Crippen molar-refractivity contribution in [2.45, 2.75) is 0 Å². The van der Waals surface area contributed by atoms with E-state index >= 15 is 0 Å². The van der Waals surface area contributed by atoms with Gasteiger partial charge in [-0.2, -0.15) is 0 Å². The Bertz CT molecular complexity index is 1150. The molecule has 6 N–H and O–H groups in total. The van der Waals surface area contributed by atoms with Crippen molar-refractivity contribution in [2.24, 2.45) is 10.7 Å². The molecule has 0 saturated heterocycles. The van der Waals surface area contributed by atoms with Crippen molar-refractivity contribution < 1.29 is 28.4 Å². The molecule has 0 bridgehead atoms. The van der Waals surface area contributed by atoms with Crippen LogP contribution in [-0.4, -0.2) is 88.4 Å². The van der Waals surface area contributed by atoms with E-state index in [0.29, 0.717) is 84.4 Å². The summed E-state index contributed by atoms with van der Waals surface area (Å²) in [6.45, 7) is 5.33. The standard InChI is InChI=1S/C25H34N6O6/c26-24-17-28-20-3-1-18(15-22(20)29-24)36-13-11-34-9-7-32-5-6-33-8-10-35-12-14-37-19-2-4-21-23(16-19)31-25(27)30-21/h1-4,15-16,28H,5-14,17H2,(H2,26,29)(H3,27,30,31). The molecule has 0 radical (unpaired) electrons. The van der Waals surface area contributed by atoms with E-state index in [1.807, 2.05) is 36.4 Å². The molecule has 37 heavy (non-hydrogen) atoms. The normalized spacial score (nSPS) is 12.7. The van der Waals surface area contributed by atoms with E-state index in [-0.39, 0.29) is 0 Å². The van der Waals surface area contributed by atoms with Gasteiger partial charge in [-0.3, -0.25) is 0 Å². The molecule has 0 unspecified atom stereocenters. The predicted octanol–water partition coefficient (Wildman–Crippen LogP) is 2.08. The quantitative estimate of drug-likeness (QED) is 0.196. The van der Waals surface area contributed by atoms with Crippen LogP contribution in [0.1, 0.15) is 0 Å². The molecule has 1 aliphatic heterocycles. The van der Waals surface area contributed by atoms with Crippen LogP contribution in [0.15, 0.2) is 41.4 Å². The maximum Gasteiger partial charge on any atom is 0.198 e. The summed E-state index contributed by atoms with van der Waals surface area (Å²) >= 11 is 0. The SMILES string of the molecule is NC1=Nc2cc(OCCOCCOCCOCCOCCOc3ccc4nc(N)[nH]c4c3)ccc2NC1. The zero-order chi connectivity index (χ0) is 25.7. The van der Waals surface area contributed by atoms with Crippen LogP contribution in [0.4, 0.5) is 17.3 Å². The van der Waals surface area contributed by atoms with Crippen molar-refractivity contribution in [2.75, 3.05) is 83.7 Å². The van der Waals surface area contributed by atoms with Crippen LogP contribution >= 0.6 is 0 Å². The lowest BCUT2D eigenvalue weighted by molar-refractivity contribution is -0.00698. The van der Waals surface area contributed by atoms with Crippen molar-refractivity contribution in [3.63, 3.8) is 0 Å². The minimum atomic E-state index is 0.387. The van der Waals surface area contributed by atoms with Gasteiger partial charge in [-0.25, -0.2) is 9.98 Å². The minimum absolute atomic E-state index is 0.387. The first-order valence-electron chi connectivity index (χ1n) is 12.2. The highest BCUT2D eigenvalue weighted by atomic mass is 16.6. The molecular weight excluding hydrogens is 480 g/mol. The number of ether oxygens (including phenoxy) is 6. The molecule has 0 atom stereocenters. The molecule has 0 fully saturated rings. The Balaban J connectivity index is 0.913. The predicted molar refractivity (Wildman–Crippen MR) is 141 cm³/mol. The number of amidine groups is 1. The Kier molecular flexibility index (Phi) is 10.2. The summed E-state index contributed by atoms with van der Waals surface area (Å²) in [5, 5.41) is 3.20. The Morgan fingerprint density at radius 3 is 1.92 bits per heavy atom. The topological polar surface area (TPSA) is 160 Å². The van der Waals surface area contributed by atoms with E-state index in [1.165, 1.54) is 0 Å². The molecule has 3 aromatic rings. The molecule has 0 aliphatic carbocycles. The second-order valence-corrected chi connectivity index (χ2v) is 8.08. The number of H-pyrrole nitrogens is 1. The number of benzene rings is 2. The second kappa shape index (κ2) is 14.2. The monoisotopic (exact) mass is 514 g/mol. The molecule has 200 valence electrons. The number of nitrogen functional groups attached to an aromatic ring is 1. The van der Waals surface area contributed by atoms with Crippen molar-refractivity contribution in [1.29, 1.82) is 0 Å². The van der Waals surface area contributed by atoms with E-state index < -0.39 is 0 Å². The molecule has 0 saturated carbocycles. The number of aromatic nitrogens is 2. The van der Waals surface area contributed by atoms with Crippen LogP contribution in [-0.2, 0) is 18.9 Å². The molecule has 2 aromatic carbocycles. The fourth-order valence-corrected chi connectivity index (χ4v) is 3.52. The van der Waals surface area contributed by atoms with Gasteiger partial charge < -0.3 is 50.2 Å². The highest BCUT2D eigenvalue weighted by Crippen LogP contribution is 2.31. The van der Waals surface area contributed by atoms with Gasteiger partial charge in [0, 0.05) is 12.1 Å². The van der Waals surface area contributed by atoms with Crippen molar-refractivity contribution in [3.8, 4) is 11.5 Å². The zero-order valence-electron chi connectivity index (χ0n) is 20.7. The number of rotatable bonds is 17. The van der Waals surface area contributed by atoms with Gasteiger partial charge in [-0.05, 0) is 24.3 Å². The van der Waals surface area contributed by atoms with E-state index in [0.717, 1.165) is 33.9 Å². The Morgan fingerprint density at radius 2 is 1.27 bits per heavy atom. The van der Waals surface area contributed by atoms with Crippen LogP contribution in [0.5, 0.6) is 11.5 Å². The average molecular weight is 515 g/mol. The summed E-state index contributed by atoms with van der Waals surface area (Å²) in [4.78, 5) is 11.5. The van der Waals surface area contributed by atoms with Crippen molar-refractivity contribution in [3.05, 3.63) is 36.4 Å². The summed E-state index contributed by atoms with van der Waals surface area (Å²) in [5.74, 6) is 2.40. The van der Waals surface area contributed by atoms with Crippen molar-refractivity contribution in [1.82, 2.24) is 9.97 Å². The lowest BCUT2D eigenvalue weighted by atomic mass is 10.2. The van der Waals surface area contributed by atoms with Crippen LogP contribution in [0, 0.1) is 0 Å². The number of aliphatic imine (C=N–C) groups is 1. The molecule has 12 nitrogen and oxygen atoms in total. The molecule has 0 spiro atoms. The maximum atomic E-state index is 5.76. The number of hydrogen-bond donors (Lipinski definition) is 4. The Hall–Kier alpha value is -3.58. The second-order valence-electron chi connectivity index (χ2n) is 8.08. The summed E-state index contributed by atoms with van der Waals surface area (Å²) in [6.07, 6.45) is 0. The van der Waals surface area contributed by atoms with Crippen molar-refractivity contribution >= 4 is 34.2 Å². The van der Waals surface area contributed by atoms with Gasteiger partial charge in [0.25, 0.3) is 0 Å². The van der Waals surface area contributed by atoms with E-state index in [9.17, 15) is 0 Å². The van der Waals surface area contributed by atoms with Crippen LogP contribution in [0.2, 0.25) is 0 Å². The lowest BCUT2D eigenvalue weighted by Crippen LogP contribution is -2.25. The fourth-order valence-electron chi connectivity index (χ4n) is 3.52. The lowest BCUT2D eigenvalue weighted by Gasteiger charge is -2.16. The number of hydrogen-bond acceptors (Lipinski definition) is 11. The molecule has 0 amide bonds. The Morgan fingerprint density at radius 1 is 0.703 bits per heavy atom. The van der Waals surface area contributed by atoms with Crippen LogP contribution in [0.25, 0.3) is 11.0 Å². The van der Waals surface area contributed by atoms with E-state index in [1.54, 1.807) is 0 Å². The van der Waals surface area contributed by atoms with Gasteiger partial charge in [0.2, 0.25) is 0 Å². The summed E-state index contributed by atoms with van der Waals surface area (Å²) < 4.78 is 33.4. The number of nitrogens with two attached hydrogens (primary N) is 2. The van der Waals surface area contributed by atoms with Crippen LogP contribution in [0.3, 0.4) is 0 Å². The van der Waals surface area contributed by atoms with E-state index in [4.69, 9.17) is 39.9 Å². The molecular formula is C25H34N6O6. The highest BCUT2D eigenvalue weighted by molar-refractivity contribution is 5.92. The third kappa shape index (κ3) is 8.79. The third-order valence-electron chi connectivity index (χ3n) is 5.27. The summed E-state index contributed by atoms with van der Waals surface area (Å²) in [6, 6.07) is 11.3. The first-order chi connectivity index (χ1) is 18.2. The Labute approximate surface area is 215 Å². The molecule has 12 heteroatoms. The summed E-state index contributed by atoms with van der Waals surface area (Å²) in [7, 11) is 0. The minimum Gasteiger partial charge on any atom is -0.491 e. The largest absolute Gasteiger partial charge is 0.491 e. The number of imidazole rings is 1. The van der Waals surface area contributed by atoms with Gasteiger partial charge in [0.1, 0.15) is 30.5 Å². The zero-order valence-corrected chi connectivity index (χ0v) is 20.7. The maximum absolute atomic E-state index is 5.76. The highest BCUT2D eigenvalue weighted by Gasteiger charge is 2.10. The molecule has 2 heterocycles. The third-order valence-corrected chi connectivity index (χ3v) is 5.27. The van der Waals surface area contributed by atoms with Crippen LogP contribution < -0.4 is 26.3 Å². The summed E-state index contributed by atoms with van der Waals surface area (Å²) in [5.41, 5.74) is 14.8. The number of anilines is 2. The molecule has 4 rings (SSSR count). The van der Waals surface area contributed by atoms with Gasteiger partial charge in [-0.1, -0.05) is 0 Å². The molecule has 1 aromatic heterocycles. The number of nitrogens with one attached hydrogen (secondary N) is 2. The first-order valence-corrected chi connectivity index (χ1v) is 12.2. The van der Waals surface area contributed by atoms with E-state index in [2.05, 4.69) is 20.3 Å². The first kappa shape index (κ1) is 26.5. The fraction of sp³-hybridized carbons (Fsp3) is 0.440. The number of nitrogens with zero attached hydrogens (tertiary/aromatic N) is 2. The molecule has 1 aliphatic rings.